The number of rotatable bonds is 8. The first-order valence-electron chi connectivity index (χ1n) is 9.62. The van der Waals surface area contributed by atoms with Gasteiger partial charge in [-0.25, -0.2) is 4.79 Å². The minimum absolute atomic E-state index is 0.274. The molecule has 0 heterocycles. The lowest BCUT2D eigenvalue weighted by Crippen LogP contribution is -2.43. The van der Waals surface area contributed by atoms with E-state index in [0.29, 0.717) is 35.6 Å². The van der Waals surface area contributed by atoms with Gasteiger partial charge >= 0.3 is 5.97 Å². The van der Waals surface area contributed by atoms with Crippen LogP contribution in [-0.2, 0) is 14.3 Å². The summed E-state index contributed by atoms with van der Waals surface area (Å²) in [6, 6.07) is 11.5. The number of anilines is 1. The van der Waals surface area contributed by atoms with Gasteiger partial charge in [-0.05, 0) is 61.7 Å². The molecule has 0 aromatic heterocycles. The van der Waals surface area contributed by atoms with Crippen molar-refractivity contribution in [3.63, 3.8) is 0 Å². The Balaban J connectivity index is 1.84. The molecule has 0 spiro atoms. The first kappa shape index (κ1) is 21.4. The van der Waals surface area contributed by atoms with Crippen LogP contribution in [0, 0.1) is 12.3 Å². The monoisotopic (exact) mass is 411 g/mol. The molecule has 1 saturated carbocycles. The number of benzene rings is 2. The summed E-state index contributed by atoms with van der Waals surface area (Å²) >= 11 is 0. The third-order valence-corrected chi connectivity index (χ3v) is 5.21. The molecular weight excluding hydrogens is 386 g/mol. The van der Waals surface area contributed by atoms with Gasteiger partial charge in [-0.2, -0.15) is 0 Å². The van der Waals surface area contributed by atoms with Gasteiger partial charge in [-0.1, -0.05) is 13.0 Å². The van der Waals surface area contributed by atoms with Gasteiger partial charge in [0, 0.05) is 5.41 Å². The van der Waals surface area contributed by atoms with E-state index in [1.807, 2.05) is 19.9 Å². The van der Waals surface area contributed by atoms with Gasteiger partial charge < -0.3 is 19.5 Å². The summed E-state index contributed by atoms with van der Waals surface area (Å²) in [6.07, 6.45) is 0.105. The van der Waals surface area contributed by atoms with Crippen molar-refractivity contribution in [2.24, 2.45) is 5.41 Å². The third-order valence-electron chi connectivity index (χ3n) is 5.21. The van der Waals surface area contributed by atoms with Crippen molar-refractivity contribution in [3.8, 4) is 11.5 Å². The summed E-state index contributed by atoms with van der Waals surface area (Å²) in [7, 11) is 2.80. The number of Topliss-reactive ketones (excluding diaryl/α,β-unsaturated/α-hetero) is 1. The van der Waals surface area contributed by atoms with Gasteiger partial charge in [0.05, 0.1) is 25.5 Å². The Morgan fingerprint density at radius 2 is 1.70 bits per heavy atom. The second-order valence-electron chi connectivity index (χ2n) is 7.63. The molecule has 0 aliphatic heterocycles. The van der Waals surface area contributed by atoms with Crippen LogP contribution >= 0.6 is 0 Å². The average Bonchev–Trinajstić information content (AvgIpc) is 3.50. The minimum atomic E-state index is -1.33. The lowest BCUT2D eigenvalue weighted by molar-refractivity contribution is -0.138. The number of hydrogen-bond acceptors (Lipinski definition) is 6. The molecule has 158 valence electrons. The topological polar surface area (TPSA) is 90.9 Å². The highest BCUT2D eigenvalue weighted by Gasteiger charge is 2.50. The van der Waals surface area contributed by atoms with Crippen LogP contribution in [0.5, 0.6) is 11.5 Å². The van der Waals surface area contributed by atoms with Crippen LogP contribution in [-0.4, -0.2) is 38.0 Å². The molecule has 0 saturated heterocycles. The highest BCUT2D eigenvalue weighted by atomic mass is 16.5. The van der Waals surface area contributed by atoms with Gasteiger partial charge in [0.1, 0.15) is 11.5 Å². The van der Waals surface area contributed by atoms with Gasteiger partial charge in [0.15, 0.2) is 5.78 Å². The maximum atomic E-state index is 13.0. The zero-order chi connectivity index (χ0) is 21.9. The van der Waals surface area contributed by atoms with E-state index in [2.05, 4.69) is 10.1 Å². The lowest BCUT2D eigenvalue weighted by Gasteiger charge is -2.21. The molecule has 0 bridgehead atoms. The van der Waals surface area contributed by atoms with Crippen LogP contribution in [0.3, 0.4) is 0 Å². The zero-order valence-corrected chi connectivity index (χ0v) is 17.5. The fourth-order valence-electron chi connectivity index (χ4n) is 3.02. The predicted molar refractivity (Wildman–Crippen MR) is 111 cm³/mol. The van der Waals surface area contributed by atoms with Crippen LogP contribution in [0.15, 0.2) is 42.5 Å². The van der Waals surface area contributed by atoms with E-state index in [9.17, 15) is 14.4 Å². The van der Waals surface area contributed by atoms with Crippen LogP contribution in [0.2, 0.25) is 0 Å². The quantitative estimate of drug-likeness (QED) is 0.528. The first-order chi connectivity index (χ1) is 14.3. The summed E-state index contributed by atoms with van der Waals surface area (Å²) in [6.45, 7) is 3.72. The number of amides is 1. The maximum Gasteiger partial charge on any atom is 0.337 e. The molecule has 0 radical (unpaired) electrons. The molecule has 3 rings (SSSR count). The van der Waals surface area contributed by atoms with Gasteiger partial charge in [0.25, 0.3) is 5.91 Å². The van der Waals surface area contributed by atoms with Crippen molar-refractivity contribution in [1.82, 2.24) is 0 Å². The van der Waals surface area contributed by atoms with E-state index < -0.39 is 23.4 Å². The molecule has 1 aliphatic carbocycles. The van der Waals surface area contributed by atoms with Crippen LogP contribution < -0.4 is 14.8 Å². The molecule has 1 unspecified atom stereocenters. The van der Waals surface area contributed by atoms with E-state index in [1.54, 1.807) is 12.1 Å². The Morgan fingerprint density at radius 1 is 1.03 bits per heavy atom. The Kier molecular flexibility index (Phi) is 6.10. The molecule has 1 atom stereocenters. The zero-order valence-electron chi connectivity index (χ0n) is 17.5. The second-order valence-corrected chi connectivity index (χ2v) is 7.63. The van der Waals surface area contributed by atoms with Crippen LogP contribution in [0.25, 0.3) is 0 Å². The number of ketones is 1. The first-order valence-corrected chi connectivity index (χ1v) is 9.62. The molecule has 2 aromatic carbocycles. The van der Waals surface area contributed by atoms with Gasteiger partial charge in [-0.15, -0.1) is 0 Å². The van der Waals surface area contributed by atoms with Crippen molar-refractivity contribution in [2.75, 3.05) is 19.5 Å². The second kappa shape index (κ2) is 8.57. The molecule has 7 nitrogen and oxygen atoms in total. The number of carbonyl (C=O) groups is 3. The summed E-state index contributed by atoms with van der Waals surface area (Å²) < 4.78 is 15.8. The predicted octanol–water partition coefficient (Wildman–Crippen LogP) is 3.55. The fraction of sp³-hybridized carbons (Fsp3) is 0.348. The number of carbonyl (C=O) groups excluding carboxylic acids is 3. The maximum absolute atomic E-state index is 13.0. The smallest absolute Gasteiger partial charge is 0.337 e. The highest BCUT2D eigenvalue weighted by molar-refractivity contribution is 6.13. The molecule has 1 amide bonds. The van der Waals surface area contributed by atoms with Crippen molar-refractivity contribution in [3.05, 3.63) is 53.6 Å². The Morgan fingerprint density at radius 3 is 2.27 bits per heavy atom. The summed E-state index contributed by atoms with van der Waals surface area (Å²) in [5.74, 6) is -0.543. The van der Waals surface area contributed by atoms with Crippen LogP contribution in [0.1, 0.15) is 35.7 Å². The summed E-state index contributed by atoms with van der Waals surface area (Å²) in [4.78, 5) is 37.7. The van der Waals surface area contributed by atoms with Gasteiger partial charge in [-0.3, -0.25) is 9.59 Å². The minimum Gasteiger partial charge on any atom is -0.495 e. The molecule has 7 heteroatoms. The summed E-state index contributed by atoms with van der Waals surface area (Å²) in [5, 5.41) is 2.76. The molecule has 1 N–H and O–H groups in total. The number of methoxy groups -OCH3 is 2. The number of hydrogen-bond donors (Lipinski definition) is 1. The standard InChI is InChI=1S/C23H25NO6/c1-14-5-10-18(28-3)17(13-14)24-21(26)19(20(25)23(2)11-12-23)30-16-8-6-15(7-9-16)22(27)29-4/h5-10,13,19H,11-12H2,1-4H3,(H,24,26). The molecule has 1 fully saturated rings. The molecule has 30 heavy (non-hydrogen) atoms. The SMILES string of the molecule is COC(=O)c1ccc(OC(C(=O)Nc2cc(C)ccc2OC)C(=O)C2(C)CC2)cc1. The highest BCUT2D eigenvalue weighted by Crippen LogP contribution is 2.47. The van der Waals surface area contributed by atoms with Crippen molar-refractivity contribution >= 4 is 23.3 Å². The van der Waals surface area contributed by atoms with Crippen LogP contribution in [0.4, 0.5) is 5.69 Å². The third kappa shape index (κ3) is 4.62. The van der Waals surface area contributed by atoms with Gasteiger partial charge in [0.2, 0.25) is 6.10 Å². The Hall–Kier alpha value is -3.35. The molecule has 1 aliphatic rings. The van der Waals surface area contributed by atoms with E-state index in [-0.39, 0.29) is 5.78 Å². The number of nitrogens with one attached hydrogen (secondary N) is 1. The van der Waals surface area contributed by atoms with E-state index in [0.717, 1.165) is 5.56 Å². The normalized spacial score (nSPS) is 14.9. The van der Waals surface area contributed by atoms with Crippen molar-refractivity contribution in [1.29, 1.82) is 0 Å². The fourth-order valence-corrected chi connectivity index (χ4v) is 3.02. The molecular formula is C23H25NO6. The molecule has 2 aromatic rings. The van der Waals surface area contributed by atoms with Crippen molar-refractivity contribution in [2.45, 2.75) is 32.8 Å². The summed E-state index contributed by atoms with van der Waals surface area (Å²) in [5.41, 5.74) is 1.18. The van der Waals surface area contributed by atoms with E-state index >= 15 is 0 Å². The Bertz CT molecular complexity index is 962. The van der Waals surface area contributed by atoms with E-state index in [4.69, 9.17) is 9.47 Å². The lowest BCUT2D eigenvalue weighted by atomic mass is 9.98. The number of esters is 1. The number of ether oxygens (including phenoxy) is 3. The number of aryl methyl sites for hydroxylation is 1. The average molecular weight is 411 g/mol. The van der Waals surface area contributed by atoms with Crippen molar-refractivity contribution < 1.29 is 28.6 Å². The van der Waals surface area contributed by atoms with E-state index in [1.165, 1.54) is 38.5 Å². The Labute approximate surface area is 175 Å². The largest absolute Gasteiger partial charge is 0.495 e.